The Bertz CT molecular complexity index is 954. The largest absolute Gasteiger partial charge is 0.497 e. The molecule has 23 heavy (non-hydrogen) atoms. The first-order chi connectivity index (χ1) is 11.0. The quantitative estimate of drug-likeness (QED) is 0.697. The third-order valence-corrected chi connectivity index (χ3v) is 6.41. The minimum Gasteiger partial charge on any atom is -0.497 e. The average Bonchev–Trinajstić information content (AvgIpc) is 3.00. The van der Waals surface area contributed by atoms with Gasteiger partial charge in [-0.1, -0.05) is 35.2 Å². The molecule has 1 aromatic heterocycles. The van der Waals surface area contributed by atoms with Crippen LogP contribution in [-0.2, 0) is 10.0 Å². The van der Waals surface area contributed by atoms with E-state index < -0.39 is 10.0 Å². The van der Waals surface area contributed by atoms with E-state index in [1.54, 1.807) is 31.4 Å². The van der Waals surface area contributed by atoms with E-state index in [2.05, 4.69) is 14.9 Å². The van der Waals surface area contributed by atoms with Gasteiger partial charge in [0.2, 0.25) is 5.13 Å². The normalized spacial score (nSPS) is 11.6. The zero-order valence-corrected chi connectivity index (χ0v) is 14.8. The average molecular weight is 367 g/mol. The van der Waals surface area contributed by atoms with E-state index in [1.807, 2.05) is 18.4 Å². The van der Waals surface area contributed by atoms with Crippen LogP contribution in [-0.4, -0.2) is 32.0 Å². The van der Waals surface area contributed by atoms with E-state index in [9.17, 15) is 8.42 Å². The molecule has 0 saturated carbocycles. The van der Waals surface area contributed by atoms with Crippen LogP contribution in [0.1, 0.15) is 0 Å². The van der Waals surface area contributed by atoms with Crippen LogP contribution in [0.2, 0.25) is 0 Å². The van der Waals surface area contributed by atoms with Crippen molar-refractivity contribution in [3.8, 4) is 5.75 Å². The van der Waals surface area contributed by atoms with Crippen molar-refractivity contribution in [1.82, 2.24) is 10.2 Å². The van der Waals surface area contributed by atoms with E-state index in [0.717, 1.165) is 16.5 Å². The molecule has 0 aliphatic heterocycles. The maximum atomic E-state index is 12.5. The van der Waals surface area contributed by atoms with Gasteiger partial charge in [0.05, 0.1) is 12.0 Å². The minimum atomic E-state index is -3.70. The summed E-state index contributed by atoms with van der Waals surface area (Å²) < 4.78 is 33.2. The van der Waals surface area contributed by atoms with Crippen LogP contribution in [0.15, 0.2) is 45.6 Å². The van der Waals surface area contributed by atoms with Crippen molar-refractivity contribution in [2.45, 2.75) is 9.24 Å². The number of benzene rings is 2. The smallest absolute Gasteiger partial charge is 0.263 e. The van der Waals surface area contributed by atoms with Crippen molar-refractivity contribution in [2.24, 2.45) is 0 Å². The summed E-state index contributed by atoms with van der Waals surface area (Å²) in [6.45, 7) is 0. The number of hydrogen-bond acceptors (Lipinski definition) is 7. The first kappa shape index (κ1) is 16.0. The van der Waals surface area contributed by atoms with Gasteiger partial charge in [0.1, 0.15) is 5.75 Å². The monoisotopic (exact) mass is 367 g/mol. The Morgan fingerprint density at radius 2 is 1.87 bits per heavy atom. The molecule has 0 radical (unpaired) electrons. The Balaban J connectivity index is 1.94. The highest BCUT2D eigenvalue weighted by atomic mass is 32.2. The third-order valence-electron chi connectivity index (χ3n) is 3.13. The molecule has 0 aliphatic rings. The predicted octanol–water partition coefficient (Wildman–Crippen LogP) is 3.22. The van der Waals surface area contributed by atoms with Gasteiger partial charge in [-0.2, -0.15) is 0 Å². The number of methoxy groups -OCH3 is 1. The molecule has 3 aromatic rings. The van der Waals surface area contributed by atoms with Crippen molar-refractivity contribution < 1.29 is 13.2 Å². The van der Waals surface area contributed by atoms with Gasteiger partial charge in [-0.25, -0.2) is 8.42 Å². The molecule has 0 saturated heterocycles. The number of anilines is 1. The van der Waals surface area contributed by atoms with E-state index in [1.165, 1.54) is 23.1 Å². The summed E-state index contributed by atoms with van der Waals surface area (Å²) in [6, 6.07) is 10.4. The summed E-state index contributed by atoms with van der Waals surface area (Å²) >= 11 is 2.61. The molecule has 2 aromatic carbocycles. The van der Waals surface area contributed by atoms with Crippen LogP contribution in [0.4, 0.5) is 5.13 Å². The Labute approximate surface area is 141 Å². The number of hydrogen-bond donors (Lipinski definition) is 1. The summed E-state index contributed by atoms with van der Waals surface area (Å²) in [7, 11) is -2.11. The van der Waals surface area contributed by atoms with Gasteiger partial charge >= 0.3 is 0 Å². The lowest BCUT2D eigenvalue weighted by molar-refractivity contribution is 0.415. The summed E-state index contributed by atoms with van der Waals surface area (Å²) in [5.74, 6) is 0.727. The fraction of sp³-hybridized carbons (Fsp3) is 0.143. The third kappa shape index (κ3) is 3.41. The molecular weight excluding hydrogens is 354 g/mol. The van der Waals surface area contributed by atoms with Gasteiger partial charge in [0.15, 0.2) is 4.34 Å². The van der Waals surface area contributed by atoms with E-state index in [-0.39, 0.29) is 10.0 Å². The summed E-state index contributed by atoms with van der Waals surface area (Å²) in [5, 5.41) is 9.67. The number of fused-ring (bicyclic) bond motifs is 1. The van der Waals surface area contributed by atoms with Gasteiger partial charge in [0.25, 0.3) is 10.0 Å². The molecule has 0 bridgehead atoms. The van der Waals surface area contributed by atoms with Gasteiger partial charge in [0, 0.05) is 0 Å². The molecular formula is C14H13N3O3S3. The standard InChI is InChI=1S/C14H13N3O3S3/c1-20-11-5-3-10-8-12(6-4-9(10)7-11)23(18,19)17-13-15-16-14(21-2)22-13/h3-8H,1-2H3,(H,15,17). The maximum absolute atomic E-state index is 12.5. The van der Waals surface area contributed by atoms with Gasteiger partial charge in [-0.15, -0.1) is 10.2 Å². The Morgan fingerprint density at radius 3 is 2.57 bits per heavy atom. The van der Waals surface area contributed by atoms with Gasteiger partial charge < -0.3 is 4.74 Å². The lowest BCUT2D eigenvalue weighted by Crippen LogP contribution is -2.12. The minimum absolute atomic E-state index is 0.177. The fourth-order valence-electron chi connectivity index (χ4n) is 2.00. The molecule has 0 aliphatic carbocycles. The zero-order chi connectivity index (χ0) is 16.4. The maximum Gasteiger partial charge on any atom is 0.263 e. The van der Waals surface area contributed by atoms with E-state index in [0.29, 0.717) is 4.34 Å². The molecule has 0 atom stereocenters. The van der Waals surface area contributed by atoms with Gasteiger partial charge in [-0.05, 0) is 41.3 Å². The topological polar surface area (TPSA) is 81.2 Å². The molecule has 1 N–H and O–H groups in total. The number of thioether (sulfide) groups is 1. The van der Waals surface area contributed by atoms with E-state index >= 15 is 0 Å². The highest BCUT2D eigenvalue weighted by Gasteiger charge is 2.17. The summed E-state index contributed by atoms with van der Waals surface area (Å²) in [6.07, 6.45) is 1.86. The Morgan fingerprint density at radius 1 is 1.13 bits per heavy atom. The van der Waals surface area contributed by atoms with Crippen LogP contribution in [0.3, 0.4) is 0 Å². The highest BCUT2D eigenvalue weighted by molar-refractivity contribution is 8.00. The van der Waals surface area contributed by atoms with Crippen LogP contribution >= 0.6 is 23.1 Å². The molecule has 0 amide bonds. The van der Waals surface area contributed by atoms with Crippen LogP contribution < -0.4 is 9.46 Å². The molecule has 6 nitrogen and oxygen atoms in total. The molecule has 3 rings (SSSR count). The molecule has 1 heterocycles. The lowest BCUT2D eigenvalue weighted by Gasteiger charge is -2.07. The summed E-state index contributed by atoms with van der Waals surface area (Å²) in [4.78, 5) is 0.177. The van der Waals surface area contributed by atoms with E-state index in [4.69, 9.17) is 4.74 Å². The molecule has 9 heteroatoms. The van der Waals surface area contributed by atoms with Crippen molar-refractivity contribution in [3.05, 3.63) is 36.4 Å². The summed E-state index contributed by atoms with van der Waals surface area (Å²) in [5.41, 5.74) is 0. The Kier molecular flexibility index (Phi) is 4.42. The zero-order valence-electron chi connectivity index (χ0n) is 12.3. The number of ether oxygens (including phenoxy) is 1. The molecule has 0 unspecified atom stereocenters. The molecule has 120 valence electrons. The predicted molar refractivity (Wildman–Crippen MR) is 93.0 cm³/mol. The number of rotatable bonds is 5. The van der Waals surface area contributed by atoms with Crippen LogP contribution in [0.25, 0.3) is 10.8 Å². The van der Waals surface area contributed by atoms with Crippen molar-refractivity contribution in [2.75, 3.05) is 18.1 Å². The fourth-order valence-corrected chi connectivity index (χ4v) is 4.44. The van der Waals surface area contributed by atoms with Crippen LogP contribution in [0, 0.1) is 0 Å². The lowest BCUT2D eigenvalue weighted by atomic mass is 10.1. The number of nitrogens with zero attached hydrogens (tertiary/aromatic N) is 2. The van der Waals surface area contributed by atoms with Crippen molar-refractivity contribution in [1.29, 1.82) is 0 Å². The SMILES string of the molecule is COc1ccc2cc(S(=O)(=O)Nc3nnc(SC)s3)ccc2c1. The molecule has 0 spiro atoms. The van der Waals surface area contributed by atoms with Crippen molar-refractivity contribution >= 4 is 49.0 Å². The second-order valence-corrected chi connectivity index (χ2v) is 8.27. The van der Waals surface area contributed by atoms with Crippen molar-refractivity contribution in [3.63, 3.8) is 0 Å². The first-order valence-corrected chi connectivity index (χ1v) is 10.0. The number of aromatic nitrogens is 2. The van der Waals surface area contributed by atoms with Crippen LogP contribution in [0.5, 0.6) is 5.75 Å². The second-order valence-electron chi connectivity index (χ2n) is 4.56. The van der Waals surface area contributed by atoms with Gasteiger partial charge in [-0.3, -0.25) is 4.72 Å². The number of sulfonamides is 1. The Hall–Kier alpha value is -1.84. The first-order valence-electron chi connectivity index (χ1n) is 6.50. The number of nitrogens with one attached hydrogen (secondary N) is 1. The highest BCUT2D eigenvalue weighted by Crippen LogP contribution is 2.27. The molecule has 0 fully saturated rings. The second kappa shape index (κ2) is 6.34.